The van der Waals surface area contributed by atoms with E-state index < -0.39 is 0 Å². The standard InChI is InChI=1S/C14H31NO/c1-14(2,3)12-10-8-6-5-7-9-11-13-15-16-4/h15H,5-13H2,1-4H3. The van der Waals surface area contributed by atoms with Crippen LogP contribution in [-0.2, 0) is 4.84 Å². The van der Waals surface area contributed by atoms with Gasteiger partial charge in [0.25, 0.3) is 0 Å². The minimum absolute atomic E-state index is 0.520. The minimum Gasteiger partial charge on any atom is -0.305 e. The number of unbranched alkanes of at least 4 members (excludes halogenated alkanes) is 6. The molecule has 0 spiro atoms. The number of hydrogen-bond donors (Lipinski definition) is 1. The summed E-state index contributed by atoms with van der Waals surface area (Å²) in [5.74, 6) is 0. The van der Waals surface area contributed by atoms with Crippen LogP contribution in [-0.4, -0.2) is 13.7 Å². The summed E-state index contributed by atoms with van der Waals surface area (Å²) in [7, 11) is 1.68. The van der Waals surface area contributed by atoms with Crippen LogP contribution >= 0.6 is 0 Å². The van der Waals surface area contributed by atoms with E-state index in [2.05, 4.69) is 26.3 Å². The van der Waals surface area contributed by atoms with Gasteiger partial charge in [-0.2, -0.15) is 0 Å². The van der Waals surface area contributed by atoms with Crippen molar-refractivity contribution in [2.24, 2.45) is 5.41 Å². The Bertz CT molecular complexity index is 140. The molecule has 98 valence electrons. The molecule has 0 bridgehead atoms. The van der Waals surface area contributed by atoms with Gasteiger partial charge in [-0.3, -0.25) is 0 Å². The maximum Gasteiger partial charge on any atom is 0.0572 e. The van der Waals surface area contributed by atoms with Gasteiger partial charge in [0.05, 0.1) is 7.11 Å². The molecule has 0 atom stereocenters. The maximum atomic E-state index is 4.78. The average molecular weight is 229 g/mol. The van der Waals surface area contributed by atoms with E-state index in [1.54, 1.807) is 7.11 Å². The Balaban J connectivity index is 2.99. The predicted molar refractivity (Wildman–Crippen MR) is 71.4 cm³/mol. The van der Waals surface area contributed by atoms with Crippen molar-refractivity contribution in [3.8, 4) is 0 Å². The molecule has 16 heavy (non-hydrogen) atoms. The topological polar surface area (TPSA) is 21.3 Å². The SMILES string of the molecule is CONCCCCCCCCCC(C)(C)C. The lowest BCUT2D eigenvalue weighted by atomic mass is 9.89. The van der Waals surface area contributed by atoms with E-state index in [0.717, 1.165) is 6.54 Å². The molecule has 0 aromatic heterocycles. The molecule has 0 saturated heterocycles. The Morgan fingerprint density at radius 2 is 1.31 bits per heavy atom. The zero-order valence-corrected chi connectivity index (χ0v) is 11.8. The fraction of sp³-hybridized carbons (Fsp3) is 1.00. The molecule has 0 saturated carbocycles. The van der Waals surface area contributed by atoms with Gasteiger partial charge in [0.1, 0.15) is 0 Å². The summed E-state index contributed by atoms with van der Waals surface area (Å²) in [6.45, 7) is 7.97. The summed E-state index contributed by atoms with van der Waals surface area (Å²) in [6.07, 6.45) is 10.9. The first kappa shape index (κ1) is 15.9. The predicted octanol–water partition coefficient (Wildman–Crippen LogP) is 4.30. The van der Waals surface area contributed by atoms with Crippen molar-refractivity contribution in [3.05, 3.63) is 0 Å². The summed E-state index contributed by atoms with van der Waals surface area (Å²) in [5, 5.41) is 0. The lowest BCUT2D eigenvalue weighted by Crippen LogP contribution is -2.12. The van der Waals surface area contributed by atoms with Crippen LogP contribution in [0, 0.1) is 5.41 Å². The summed E-state index contributed by atoms with van der Waals surface area (Å²) >= 11 is 0. The summed E-state index contributed by atoms with van der Waals surface area (Å²) < 4.78 is 0. The van der Waals surface area contributed by atoms with E-state index in [-0.39, 0.29) is 0 Å². The van der Waals surface area contributed by atoms with E-state index in [9.17, 15) is 0 Å². The fourth-order valence-electron chi connectivity index (χ4n) is 1.84. The molecule has 0 aromatic rings. The Morgan fingerprint density at radius 1 is 0.812 bits per heavy atom. The molecule has 0 amide bonds. The third-order valence-electron chi connectivity index (χ3n) is 2.85. The number of rotatable bonds is 10. The molecule has 0 heterocycles. The second-order valence-corrected chi connectivity index (χ2v) is 5.88. The first-order valence-electron chi connectivity index (χ1n) is 6.82. The van der Waals surface area contributed by atoms with Crippen LogP contribution in [0.15, 0.2) is 0 Å². The molecule has 0 unspecified atom stereocenters. The molecule has 0 fully saturated rings. The van der Waals surface area contributed by atoms with Crippen LogP contribution in [0.5, 0.6) is 0 Å². The Hall–Kier alpha value is -0.0800. The van der Waals surface area contributed by atoms with Crippen molar-refractivity contribution in [1.82, 2.24) is 5.48 Å². The van der Waals surface area contributed by atoms with E-state index in [1.807, 2.05) is 0 Å². The van der Waals surface area contributed by atoms with Crippen LogP contribution in [0.2, 0.25) is 0 Å². The van der Waals surface area contributed by atoms with Crippen molar-refractivity contribution < 1.29 is 4.84 Å². The molecular formula is C14H31NO. The van der Waals surface area contributed by atoms with Crippen LogP contribution in [0.4, 0.5) is 0 Å². The largest absolute Gasteiger partial charge is 0.305 e. The number of hydroxylamine groups is 1. The van der Waals surface area contributed by atoms with E-state index in [0.29, 0.717) is 5.41 Å². The van der Waals surface area contributed by atoms with Crippen LogP contribution in [0.25, 0.3) is 0 Å². The highest BCUT2D eigenvalue weighted by molar-refractivity contribution is 4.61. The van der Waals surface area contributed by atoms with Crippen molar-refractivity contribution in [2.45, 2.75) is 72.1 Å². The van der Waals surface area contributed by atoms with Gasteiger partial charge in [0.2, 0.25) is 0 Å². The summed E-state index contributed by atoms with van der Waals surface area (Å²) in [6, 6.07) is 0. The number of nitrogens with one attached hydrogen (secondary N) is 1. The second kappa shape index (κ2) is 10.1. The Morgan fingerprint density at radius 3 is 1.81 bits per heavy atom. The first-order chi connectivity index (χ1) is 7.56. The summed E-state index contributed by atoms with van der Waals surface area (Å²) in [5.41, 5.74) is 3.40. The molecule has 0 aliphatic rings. The molecule has 2 nitrogen and oxygen atoms in total. The average Bonchev–Trinajstić information content (AvgIpc) is 2.19. The van der Waals surface area contributed by atoms with Crippen LogP contribution in [0.1, 0.15) is 72.1 Å². The Kier molecular flexibility index (Phi) is 10.0. The van der Waals surface area contributed by atoms with Crippen LogP contribution in [0.3, 0.4) is 0 Å². The van der Waals surface area contributed by atoms with Crippen molar-refractivity contribution in [3.63, 3.8) is 0 Å². The fourth-order valence-corrected chi connectivity index (χ4v) is 1.84. The monoisotopic (exact) mass is 229 g/mol. The van der Waals surface area contributed by atoms with Gasteiger partial charge in [-0.1, -0.05) is 59.3 Å². The molecular weight excluding hydrogens is 198 g/mol. The third-order valence-corrected chi connectivity index (χ3v) is 2.85. The van der Waals surface area contributed by atoms with Gasteiger partial charge < -0.3 is 4.84 Å². The quantitative estimate of drug-likeness (QED) is 0.445. The maximum absolute atomic E-state index is 4.78. The van der Waals surface area contributed by atoms with Crippen molar-refractivity contribution >= 4 is 0 Å². The molecule has 0 rings (SSSR count). The molecule has 0 aromatic carbocycles. The van der Waals surface area contributed by atoms with Gasteiger partial charge in [0, 0.05) is 6.54 Å². The molecule has 0 aliphatic heterocycles. The zero-order valence-electron chi connectivity index (χ0n) is 11.8. The van der Waals surface area contributed by atoms with E-state index in [4.69, 9.17) is 4.84 Å². The normalized spacial score (nSPS) is 12.0. The highest BCUT2D eigenvalue weighted by Gasteiger charge is 2.08. The highest BCUT2D eigenvalue weighted by atomic mass is 16.6. The van der Waals surface area contributed by atoms with Gasteiger partial charge in [-0.15, -0.1) is 0 Å². The second-order valence-electron chi connectivity index (χ2n) is 5.88. The number of hydrogen-bond acceptors (Lipinski definition) is 2. The highest BCUT2D eigenvalue weighted by Crippen LogP contribution is 2.22. The van der Waals surface area contributed by atoms with Crippen molar-refractivity contribution in [2.75, 3.05) is 13.7 Å². The smallest absolute Gasteiger partial charge is 0.0572 e. The molecule has 2 heteroatoms. The molecule has 1 N–H and O–H groups in total. The van der Waals surface area contributed by atoms with Gasteiger partial charge >= 0.3 is 0 Å². The molecule has 0 aliphatic carbocycles. The summed E-state index contributed by atoms with van der Waals surface area (Å²) in [4.78, 5) is 4.78. The van der Waals surface area contributed by atoms with Gasteiger partial charge in [-0.25, -0.2) is 5.48 Å². The zero-order chi connectivity index (χ0) is 12.3. The first-order valence-corrected chi connectivity index (χ1v) is 6.82. The van der Waals surface area contributed by atoms with E-state index in [1.165, 1.54) is 51.4 Å². The minimum atomic E-state index is 0.520. The third kappa shape index (κ3) is 13.9. The van der Waals surface area contributed by atoms with Crippen LogP contribution < -0.4 is 5.48 Å². The van der Waals surface area contributed by atoms with Gasteiger partial charge in [-0.05, 0) is 18.3 Å². The Labute approximate surface area is 102 Å². The molecule has 0 radical (unpaired) electrons. The lowest BCUT2D eigenvalue weighted by molar-refractivity contribution is 0.0904. The van der Waals surface area contributed by atoms with Gasteiger partial charge in [0.15, 0.2) is 0 Å². The van der Waals surface area contributed by atoms with E-state index >= 15 is 0 Å². The van der Waals surface area contributed by atoms with Crippen molar-refractivity contribution in [1.29, 1.82) is 0 Å². The lowest BCUT2D eigenvalue weighted by Gasteiger charge is -2.17.